The van der Waals surface area contributed by atoms with Crippen LogP contribution < -0.4 is 5.32 Å². The van der Waals surface area contributed by atoms with Crippen molar-refractivity contribution in [2.24, 2.45) is 17.8 Å². The van der Waals surface area contributed by atoms with Gasteiger partial charge in [-0.25, -0.2) is 0 Å². The van der Waals surface area contributed by atoms with Gasteiger partial charge in [0.1, 0.15) is 0 Å². The van der Waals surface area contributed by atoms with E-state index in [0.29, 0.717) is 6.04 Å². The van der Waals surface area contributed by atoms with Gasteiger partial charge in [-0.15, -0.1) is 0 Å². The lowest BCUT2D eigenvalue weighted by Gasteiger charge is -2.21. The summed E-state index contributed by atoms with van der Waals surface area (Å²) in [7, 11) is 0. The van der Waals surface area contributed by atoms with Crippen LogP contribution in [-0.4, -0.2) is 11.9 Å². The number of rotatable bonds is 2. The average Bonchev–Trinajstić information content (AvgIpc) is 2.28. The summed E-state index contributed by atoms with van der Waals surface area (Å²) in [5.74, 6) is 1.83. The van der Waals surface area contributed by atoms with Crippen LogP contribution in [0, 0.1) is 17.8 Å². The first-order chi connectivity index (χ1) is 6.99. The van der Waals surface area contributed by atoms with E-state index in [1.54, 1.807) is 0 Å². The second-order valence-electron chi connectivity index (χ2n) is 5.62. The summed E-state index contributed by atoms with van der Waals surface area (Å²) in [6.07, 6.45) is 4.94. The third-order valence-corrected chi connectivity index (χ3v) is 3.40. The summed E-state index contributed by atoms with van der Waals surface area (Å²) >= 11 is 0. The Hall–Kier alpha value is -0.530. The second kappa shape index (κ2) is 5.53. The highest BCUT2D eigenvalue weighted by Gasteiger charge is 2.23. The molecule has 1 amide bonds. The zero-order valence-corrected chi connectivity index (χ0v) is 10.5. The Labute approximate surface area is 93.8 Å². The first-order valence-electron chi connectivity index (χ1n) is 6.29. The molecule has 15 heavy (non-hydrogen) atoms. The van der Waals surface area contributed by atoms with Gasteiger partial charge in [0.15, 0.2) is 0 Å². The third-order valence-electron chi connectivity index (χ3n) is 3.40. The van der Waals surface area contributed by atoms with Crippen molar-refractivity contribution in [1.82, 2.24) is 5.32 Å². The Morgan fingerprint density at radius 1 is 1.13 bits per heavy atom. The van der Waals surface area contributed by atoms with Gasteiger partial charge in [-0.1, -0.05) is 40.5 Å². The molecule has 2 unspecified atom stereocenters. The highest BCUT2D eigenvalue weighted by atomic mass is 16.1. The lowest BCUT2D eigenvalue weighted by molar-refractivity contribution is -0.124. The molecule has 0 heterocycles. The summed E-state index contributed by atoms with van der Waals surface area (Å²) in [6, 6.07) is 0.410. The Kier molecular flexibility index (Phi) is 4.62. The van der Waals surface area contributed by atoms with Crippen molar-refractivity contribution in [3.05, 3.63) is 0 Å². The highest BCUT2D eigenvalue weighted by Crippen LogP contribution is 2.26. The maximum atomic E-state index is 11.6. The molecule has 0 saturated heterocycles. The molecule has 2 atom stereocenters. The van der Waals surface area contributed by atoms with E-state index in [4.69, 9.17) is 0 Å². The van der Waals surface area contributed by atoms with E-state index in [1.165, 1.54) is 12.8 Å². The zero-order valence-electron chi connectivity index (χ0n) is 10.5. The summed E-state index contributed by atoms with van der Waals surface area (Å²) in [5.41, 5.74) is 0. The minimum Gasteiger partial charge on any atom is -0.353 e. The van der Waals surface area contributed by atoms with Crippen molar-refractivity contribution in [2.45, 2.75) is 59.4 Å². The molecule has 0 spiro atoms. The van der Waals surface area contributed by atoms with E-state index in [9.17, 15) is 4.79 Å². The predicted octanol–water partition coefficient (Wildman–Crippen LogP) is 2.97. The molecule has 1 saturated carbocycles. The Balaban J connectivity index is 2.48. The highest BCUT2D eigenvalue weighted by molar-refractivity contribution is 5.78. The van der Waals surface area contributed by atoms with Gasteiger partial charge in [0.05, 0.1) is 0 Å². The van der Waals surface area contributed by atoms with E-state index < -0.39 is 0 Å². The quantitative estimate of drug-likeness (QED) is 0.699. The first kappa shape index (κ1) is 12.5. The molecule has 0 aromatic heterocycles. The minimum absolute atomic E-state index is 0.110. The summed E-state index contributed by atoms with van der Waals surface area (Å²) < 4.78 is 0. The van der Waals surface area contributed by atoms with E-state index in [2.05, 4.69) is 19.2 Å². The SMILES string of the molecule is CC1CCC(C)CC(NC(=O)C(C)C)C1. The van der Waals surface area contributed by atoms with Crippen molar-refractivity contribution in [1.29, 1.82) is 0 Å². The topological polar surface area (TPSA) is 29.1 Å². The van der Waals surface area contributed by atoms with E-state index >= 15 is 0 Å². The number of hydrogen-bond donors (Lipinski definition) is 1. The standard InChI is InChI=1S/C13H25NO/c1-9(2)13(15)14-12-7-10(3)5-6-11(4)8-12/h9-12H,5-8H2,1-4H3,(H,14,15). The van der Waals surface area contributed by atoms with Crippen molar-refractivity contribution in [2.75, 3.05) is 0 Å². The van der Waals surface area contributed by atoms with Gasteiger partial charge < -0.3 is 5.32 Å². The van der Waals surface area contributed by atoms with Crippen LogP contribution in [0.5, 0.6) is 0 Å². The molecule has 0 aromatic carbocycles. The van der Waals surface area contributed by atoms with Crippen molar-refractivity contribution < 1.29 is 4.79 Å². The van der Waals surface area contributed by atoms with Gasteiger partial charge in [0.2, 0.25) is 5.91 Å². The van der Waals surface area contributed by atoms with Crippen molar-refractivity contribution in [3.63, 3.8) is 0 Å². The molecule has 1 aliphatic rings. The van der Waals surface area contributed by atoms with Crippen LogP contribution >= 0.6 is 0 Å². The van der Waals surface area contributed by atoms with Crippen molar-refractivity contribution >= 4 is 5.91 Å². The molecule has 0 aromatic rings. The predicted molar refractivity (Wildman–Crippen MR) is 63.6 cm³/mol. The maximum absolute atomic E-state index is 11.6. The molecule has 2 nitrogen and oxygen atoms in total. The molecule has 88 valence electrons. The van der Waals surface area contributed by atoms with Gasteiger partial charge in [-0.2, -0.15) is 0 Å². The lowest BCUT2D eigenvalue weighted by atomic mass is 9.99. The fraction of sp³-hybridized carbons (Fsp3) is 0.923. The molecule has 1 rings (SSSR count). The second-order valence-corrected chi connectivity index (χ2v) is 5.62. The Morgan fingerprint density at radius 3 is 2.00 bits per heavy atom. The van der Waals surface area contributed by atoms with Crippen LogP contribution in [-0.2, 0) is 4.79 Å². The normalized spacial score (nSPS) is 32.5. The largest absolute Gasteiger partial charge is 0.353 e. The number of carbonyl (C=O) groups excluding carboxylic acids is 1. The third kappa shape index (κ3) is 4.23. The lowest BCUT2D eigenvalue weighted by Crippen LogP contribution is -2.38. The molecular formula is C13H25NO. The van der Waals surface area contributed by atoms with E-state index in [1.807, 2.05) is 13.8 Å². The number of hydrogen-bond acceptors (Lipinski definition) is 1. The van der Waals surface area contributed by atoms with Crippen LogP contribution in [0.25, 0.3) is 0 Å². The van der Waals surface area contributed by atoms with E-state index in [0.717, 1.165) is 24.7 Å². The summed E-state index contributed by atoms with van der Waals surface area (Å²) in [5, 5.41) is 3.18. The fourth-order valence-corrected chi connectivity index (χ4v) is 2.36. The summed E-state index contributed by atoms with van der Waals surface area (Å²) in [6.45, 7) is 8.51. The fourth-order valence-electron chi connectivity index (χ4n) is 2.36. The first-order valence-corrected chi connectivity index (χ1v) is 6.29. The van der Waals surface area contributed by atoms with Gasteiger partial charge >= 0.3 is 0 Å². The van der Waals surface area contributed by atoms with E-state index in [-0.39, 0.29) is 11.8 Å². The molecule has 2 heteroatoms. The maximum Gasteiger partial charge on any atom is 0.222 e. The van der Waals surface area contributed by atoms with Gasteiger partial charge in [0.25, 0.3) is 0 Å². The molecule has 1 N–H and O–H groups in total. The van der Waals surface area contributed by atoms with Crippen molar-refractivity contribution in [3.8, 4) is 0 Å². The van der Waals surface area contributed by atoms with Gasteiger partial charge in [-0.05, 0) is 24.7 Å². The Bertz CT molecular complexity index is 201. The van der Waals surface area contributed by atoms with Crippen LogP contribution in [0.15, 0.2) is 0 Å². The number of carbonyl (C=O) groups is 1. The molecule has 0 bridgehead atoms. The zero-order chi connectivity index (χ0) is 11.4. The molecule has 0 radical (unpaired) electrons. The van der Waals surface area contributed by atoms with Crippen LogP contribution in [0.3, 0.4) is 0 Å². The minimum atomic E-state index is 0.110. The molecule has 0 aliphatic heterocycles. The average molecular weight is 211 g/mol. The monoisotopic (exact) mass is 211 g/mol. The molecule has 1 aliphatic carbocycles. The smallest absolute Gasteiger partial charge is 0.222 e. The van der Waals surface area contributed by atoms with Gasteiger partial charge in [0, 0.05) is 12.0 Å². The van der Waals surface area contributed by atoms with Gasteiger partial charge in [-0.3, -0.25) is 4.79 Å². The van der Waals surface area contributed by atoms with Crippen LogP contribution in [0.4, 0.5) is 0 Å². The molecule has 1 fully saturated rings. The Morgan fingerprint density at radius 2 is 1.60 bits per heavy atom. The number of amides is 1. The van der Waals surface area contributed by atoms with Crippen LogP contribution in [0.1, 0.15) is 53.4 Å². The summed E-state index contributed by atoms with van der Waals surface area (Å²) in [4.78, 5) is 11.6. The van der Waals surface area contributed by atoms with Crippen LogP contribution in [0.2, 0.25) is 0 Å². The number of nitrogens with one attached hydrogen (secondary N) is 1. The molecular weight excluding hydrogens is 186 g/mol.